The molecule has 0 N–H and O–H groups in total. The van der Waals surface area contributed by atoms with Crippen LogP contribution in [0.3, 0.4) is 0 Å². The van der Waals surface area contributed by atoms with Crippen LogP contribution in [0.15, 0.2) is 36.1 Å². The van der Waals surface area contributed by atoms with Gasteiger partial charge < -0.3 is 0 Å². The van der Waals surface area contributed by atoms with Crippen molar-refractivity contribution in [1.82, 2.24) is 19.6 Å². The normalized spacial score (nSPS) is 11.5. The van der Waals surface area contributed by atoms with Gasteiger partial charge in [-0.1, -0.05) is 6.07 Å². The Labute approximate surface area is 95.9 Å². The van der Waals surface area contributed by atoms with Crippen molar-refractivity contribution in [2.45, 2.75) is 0 Å². The maximum atomic E-state index is 4.11. The molecule has 4 nitrogen and oxygen atoms in total. The summed E-state index contributed by atoms with van der Waals surface area (Å²) in [5.74, 6) is 0.619. The molecule has 3 heterocycles. The lowest BCUT2D eigenvalue weighted by atomic mass is 10.3. The van der Waals surface area contributed by atoms with Crippen molar-refractivity contribution in [3.63, 3.8) is 0 Å². The highest BCUT2D eigenvalue weighted by Gasteiger charge is 1.99. The minimum absolute atomic E-state index is 0.619. The van der Waals surface area contributed by atoms with Crippen LogP contribution in [0.4, 0.5) is 0 Å². The first-order valence-electron chi connectivity index (χ1n) is 4.80. The maximum absolute atomic E-state index is 4.11. The smallest absolute Gasteiger partial charge is 0.220 e. The van der Waals surface area contributed by atoms with E-state index in [1.165, 1.54) is 11.2 Å². The molecule has 0 aliphatic heterocycles. The van der Waals surface area contributed by atoms with Gasteiger partial charge in [0.2, 0.25) is 0 Å². The maximum Gasteiger partial charge on any atom is 0.252 e. The van der Waals surface area contributed by atoms with Gasteiger partial charge in [-0.15, -0.1) is 11.3 Å². The Kier molecular flexibility index (Phi) is 2.23. The molecule has 16 heavy (non-hydrogen) atoms. The first kappa shape index (κ1) is 9.23. The summed E-state index contributed by atoms with van der Waals surface area (Å²) >= 11 is 1.70. The fourth-order valence-electron chi connectivity index (χ4n) is 1.44. The first-order chi connectivity index (χ1) is 7.93. The Morgan fingerprint density at radius 2 is 2.19 bits per heavy atom. The molecule has 0 saturated carbocycles. The molecule has 3 rings (SSSR count). The minimum Gasteiger partial charge on any atom is -0.220 e. The van der Waals surface area contributed by atoms with Crippen molar-refractivity contribution in [1.29, 1.82) is 0 Å². The Hall–Kier alpha value is -2.01. The topological polar surface area (TPSA) is 43.1 Å². The first-order valence-corrected chi connectivity index (χ1v) is 5.68. The average molecular weight is 228 g/mol. The van der Waals surface area contributed by atoms with E-state index in [9.17, 15) is 0 Å². The van der Waals surface area contributed by atoms with Crippen LogP contribution in [0.1, 0.15) is 10.6 Å². The molecule has 5 heteroatoms. The molecule has 0 spiro atoms. The van der Waals surface area contributed by atoms with E-state index in [4.69, 9.17) is 0 Å². The zero-order valence-electron chi connectivity index (χ0n) is 8.32. The van der Waals surface area contributed by atoms with Crippen molar-refractivity contribution >= 4 is 29.3 Å². The summed E-state index contributed by atoms with van der Waals surface area (Å²) in [6, 6.07) is 6.01. The van der Waals surface area contributed by atoms with E-state index in [0.29, 0.717) is 5.78 Å². The lowest BCUT2D eigenvalue weighted by Gasteiger charge is -1.95. The minimum atomic E-state index is 0.619. The largest absolute Gasteiger partial charge is 0.252 e. The number of aromatic nitrogens is 4. The van der Waals surface area contributed by atoms with Crippen molar-refractivity contribution in [2.75, 3.05) is 0 Å². The molecular formula is C11H8N4S. The van der Waals surface area contributed by atoms with E-state index in [2.05, 4.69) is 32.6 Å². The molecule has 0 unspecified atom stereocenters. The highest BCUT2D eigenvalue weighted by atomic mass is 32.1. The third kappa shape index (κ3) is 1.61. The molecule has 0 atom stereocenters. The van der Waals surface area contributed by atoms with Gasteiger partial charge >= 0.3 is 0 Å². The van der Waals surface area contributed by atoms with Gasteiger partial charge in [-0.05, 0) is 29.7 Å². The van der Waals surface area contributed by atoms with Crippen LogP contribution in [0.2, 0.25) is 0 Å². The van der Waals surface area contributed by atoms with Crippen LogP contribution in [0.25, 0.3) is 17.9 Å². The molecule has 0 aliphatic rings. The van der Waals surface area contributed by atoms with Gasteiger partial charge in [0.1, 0.15) is 6.33 Å². The molecule has 0 saturated heterocycles. The summed E-state index contributed by atoms with van der Waals surface area (Å²) in [6.45, 7) is 0. The summed E-state index contributed by atoms with van der Waals surface area (Å²) in [6.07, 6.45) is 7.30. The Balaban J connectivity index is 2.03. The van der Waals surface area contributed by atoms with Crippen molar-refractivity contribution in [3.8, 4) is 0 Å². The quantitative estimate of drug-likeness (QED) is 0.676. The molecule has 0 amide bonds. The van der Waals surface area contributed by atoms with E-state index >= 15 is 0 Å². The van der Waals surface area contributed by atoms with Crippen molar-refractivity contribution < 1.29 is 0 Å². The SMILES string of the molecule is C(=C\c1ccnc2ncnn12)/c1cccs1. The van der Waals surface area contributed by atoms with Gasteiger partial charge in [-0.25, -0.2) is 4.98 Å². The van der Waals surface area contributed by atoms with Crippen molar-refractivity contribution in [2.24, 2.45) is 0 Å². The molecule has 0 bridgehead atoms. The molecule has 3 aromatic rings. The van der Waals surface area contributed by atoms with Gasteiger partial charge in [0.15, 0.2) is 0 Å². The molecule has 78 valence electrons. The lowest BCUT2D eigenvalue weighted by molar-refractivity contribution is 0.927. The number of nitrogens with zero attached hydrogens (tertiary/aromatic N) is 4. The standard InChI is InChI=1S/C11H8N4S/c1-2-10(16-7-1)4-3-9-5-6-12-11-13-8-14-15(9)11/h1-8H/b4-3+. The van der Waals surface area contributed by atoms with E-state index in [-0.39, 0.29) is 0 Å². The number of rotatable bonds is 2. The van der Waals surface area contributed by atoms with Gasteiger partial charge in [0.25, 0.3) is 5.78 Å². The summed E-state index contributed by atoms with van der Waals surface area (Å²) in [7, 11) is 0. The second-order valence-corrected chi connectivity index (χ2v) is 4.17. The van der Waals surface area contributed by atoms with Crippen LogP contribution in [0, 0.1) is 0 Å². The van der Waals surface area contributed by atoms with Crippen LogP contribution in [-0.4, -0.2) is 19.6 Å². The van der Waals surface area contributed by atoms with E-state index in [1.807, 2.05) is 18.2 Å². The van der Waals surface area contributed by atoms with Crippen LogP contribution >= 0.6 is 11.3 Å². The molecular weight excluding hydrogens is 220 g/mol. The molecule has 0 aromatic carbocycles. The summed E-state index contributed by atoms with van der Waals surface area (Å²) in [5, 5.41) is 6.17. The van der Waals surface area contributed by atoms with E-state index in [1.54, 1.807) is 22.0 Å². The Bertz CT molecular complexity index is 624. The van der Waals surface area contributed by atoms with Gasteiger partial charge in [-0.2, -0.15) is 14.6 Å². The third-order valence-corrected chi connectivity index (χ3v) is 3.01. The zero-order chi connectivity index (χ0) is 10.8. The van der Waals surface area contributed by atoms with Crippen molar-refractivity contribution in [3.05, 3.63) is 46.7 Å². The van der Waals surface area contributed by atoms with E-state index < -0.39 is 0 Å². The lowest BCUT2D eigenvalue weighted by Crippen LogP contribution is -1.94. The fourth-order valence-corrected chi connectivity index (χ4v) is 2.05. The molecule has 3 aromatic heterocycles. The van der Waals surface area contributed by atoms with Gasteiger partial charge in [0, 0.05) is 11.1 Å². The molecule has 0 aliphatic carbocycles. The summed E-state index contributed by atoms with van der Waals surface area (Å²) in [5.41, 5.74) is 0.968. The summed E-state index contributed by atoms with van der Waals surface area (Å²) in [4.78, 5) is 9.35. The Morgan fingerprint density at radius 1 is 1.19 bits per heavy atom. The molecule has 0 fully saturated rings. The summed E-state index contributed by atoms with van der Waals surface area (Å²) < 4.78 is 1.71. The monoisotopic (exact) mass is 228 g/mol. The number of hydrogen-bond donors (Lipinski definition) is 0. The van der Waals surface area contributed by atoms with Crippen LogP contribution in [0.5, 0.6) is 0 Å². The highest BCUT2D eigenvalue weighted by Crippen LogP contribution is 2.13. The van der Waals surface area contributed by atoms with Crippen LogP contribution in [-0.2, 0) is 0 Å². The van der Waals surface area contributed by atoms with E-state index in [0.717, 1.165) is 5.69 Å². The average Bonchev–Trinajstić information content (AvgIpc) is 2.97. The fraction of sp³-hybridized carbons (Fsp3) is 0. The number of thiophene rings is 1. The predicted octanol–water partition coefficient (Wildman–Crippen LogP) is 2.36. The zero-order valence-corrected chi connectivity index (χ0v) is 9.13. The molecule has 0 radical (unpaired) electrons. The second kappa shape index (κ2) is 3.86. The van der Waals surface area contributed by atoms with Crippen LogP contribution < -0.4 is 0 Å². The Morgan fingerprint density at radius 3 is 3.06 bits per heavy atom. The predicted molar refractivity (Wildman–Crippen MR) is 64.0 cm³/mol. The third-order valence-electron chi connectivity index (χ3n) is 2.17. The number of fused-ring (bicyclic) bond motifs is 1. The van der Waals surface area contributed by atoms with Gasteiger partial charge in [0.05, 0.1) is 5.69 Å². The van der Waals surface area contributed by atoms with Gasteiger partial charge in [-0.3, -0.25) is 0 Å². The number of hydrogen-bond acceptors (Lipinski definition) is 4. The highest BCUT2D eigenvalue weighted by molar-refractivity contribution is 7.10. The second-order valence-electron chi connectivity index (χ2n) is 3.19.